The van der Waals surface area contributed by atoms with E-state index in [0.717, 1.165) is 5.56 Å². The van der Waals surface area contributed by atoms with Gasteiger partial charge in [-0.25, -0.2) is 4.79 Å². The van der Waals surface area contributed by atoms with E-state index in [9.17, 15) is 14.4 Å². The van der Waals surface area contributed by atoms with Gasteiger partial charge in [-0.1, -0.05) is 18.2 Å². The first kappa shape index (κ1) is 25.1. The quantitative estimate of drug-likeness (QED) is 0.120. The summed E-state index contributed by atoms with van der Waals surface area (Å²) in [4.78, 5) is 37.4. The van der Waals surface area contributed by atoms with E-state index in [1.165, 1.54) is 0 Å². The van der Waals surface area contributed by atoms with Crippen molar-refractivity contribution in [1.82, 2.24) is 4.90 Å². The summed E-state index contributed by atoms with van der Waals surface area (Å²) in [6.45, 7) is 5.97. The summed E-state index contributed by atoms with van der Waals surface area (Å²) in [5, 5.41) is 16.2. The molecule has 1 amide bonds. The Morgan fingerprint density at radius 2 is 1.70 bits per heavy atom. The number of hydrogen-bond acceptors (Lipinski definition) is 5. The molecular formula is C25H27N3O5. The number of carbonyl (C=O) groups excluding carboxylic acids is 2. The monoisotopic (exact) mass is 449 g/mol. The van der Waals surface area contributed by atoms with E-state index < -0.39 is 11.9 Å². The first-order valence-electron chi connectivity index (χ1n) is 10.3. The second kappa shape index (κ2) is 12.0. The van der Waals surface area contributed by atoms with Crippen molar-refractivity contribution < 1.29 is 24.2 Å². The van der Waals surface area contributed by atoms with E-state index in [4.69, 9.17) is 21.0 Å². The van der Waals surface area contributed by atoms with Crippen LogP contribution in [-0.4, -0.2) is 46.8 Å². The number of benzene rings is 2. The number of nitrogens with two attached hydrogens (primary N) is 1. The van der Waals surface area contributed by atoms with Gasteiger partial charge in [0.2, 0.25) is 5.91 Å². The standard InChI is InChI=1S/C25H27N3O5/c1-3-14-28(15-4-5-22(29)30)24(31)17(2)16-18-6-8-20(9-7-18)25(32)33-21-12-10-19(11-13-21)23(26)27/h3,6-13,16H,1,4-5,14-15H2,2H3,(H3,26,27)(H,29,30)/b17-16+. The van der Waals surface area contributed by atoms with Crippen molar-refractivity contribution in [2.24, 2.45) is 5.73 Å². The third-order valence-electron chi connectivity index (χ3n) is 4.70. The van der Waals surface area contributed by atoms with Crippen molar-refractivity contribution >= 4 is 29.8 Å². The van der Waals surface area contributed by atoms with Gasteiger partial charge in [0, 0.05) is 30.6 Å². The van der Waals surface area contributed by atoms with E-state index in [-0.39, 0.29) is 18.2 Å². The fourth-order valence-electron chi connectivity index (χ4n) is 3.00. The van der Waals surface area contributed by atoms with E-state index in [1.807, 2.05) is 0 Å². The predicted octanol–water partition coefficient (Wildman–Crippen LogP) is 3.47. The first-order chi connectivity index (χ1) is 15.7. The average molecular weight is 450 g/mol. The molecule has 172 valence electrons. The zero-order valence-electron chi connectivity index (χ0n) is 18.4. The molecule has 2 rings (SSSR count). The lowest BCUT2D eigenvalue weighted by Crippen LogP contribution is -2.33. The normalized spacial score (nSPS) is 10.9. The third kappa shape index (κ3) is 7.77. The van der Waals surface area contributed by atoms with Crippen LogP contribution in [0.1, 0.15) is 41.3 Å². The maximum absolute atomic E-state index is 12.7. The number of carbonyl (C=O) groups is 3. The third-order valence-corrected chi connectivity index (χ3v) is 4.70. The minimum absolute atomic E-state index is 0.0118. The second-order valence-electron chi connectivity index (χ2n) is 7.31. The molecule has 0 aliphatic rings. The largest absolute Gasteiger partial charge is 0.481 e. The van der Waals surface area contributed by atoms with Crippen LogP contribution in [0.3, 0.4) is 0 Å². The summed E-state index contributed by atoms with van der Waals surface area (Å²) in [7, 11) is 0. The first-order valence-corrected chi connectivity index (χ1v) is 10.3. The van der Waals surface area contributed by atoms with Gasteiger partial charge in [0.1, 0.15) is 11.6 Å². The van der Waals surface area contributed by atoms with Crippen molar-refractivity contribution in [3.63, 3.8) is 0 Å². The fourth-order valence-corrected chi connectivity index (χ4v) is 3.00. The molecule has 0 spiro atoms. The zero-order valence-corrected chi connectivity index (χ0v) is 18.4. The summed E-state index contributed by atoms with van der Waals surface area (Å²) in [6, 6.07) is 12.9. The van der Waals surface area contributed by atoms with Crippen molar-refractivity contribution in [3.05, 3.63) is 83.4 Å². The van der Waals surface area contributed by atoms with Crippen LogP contribution in [0, 0.1) is 5.41 Å². The summed E-state index contributed by atoms with van der Waals surface area (Å²) in [5.41, 5.74) is 7.49. The second-order valence-corrected chi connectivity index (χ2v) is 7.31. The molecule has 0 heterocycles. The minimum Gasteiger partial charge on any atom is -0.481 e. The minimum atomic E-state index is -0.903. The molecule has 0 atom stereocenters. The van der Waals surface area contributed by atoms with Crippen LogP contribution in [-0.2, 0) is 9.59 Å². The van der Waals surface area contributed by atoms with Gasteiger partial charge in [-0.3, -0.25) is 15.0 Å². The molecule has 2 aromatic rings. The number of amidine groups is 1. The van der Waals surface area contributed by atoms with Crippen molar-refractivity contribution in [3.8, 4) is 5.75 Å². The molecule has 0 saturated carbocycles. The highest BCUT2D eigenvalue weighted by Crippen LogP contribution is 2.16. The number of ether oxygens (including phenoxy) is 1. The number of nitrogens with one attached hydrogen (secondary N) is 1. The molecular weight excluding hydrogens is 422 g/mol. The number of rotatable bonds is 11. The number of hydrogen-bond donors (Lipinski definition) is 3. The van der Waals surface area contributed by atoms with Gasteiger partial charge in [0.05, 0.1) is 5.56 Å². The Bertz CT molecular complexity index is 1060. The smallest absolute Gasteiger partial charge is 0.343 e. The van der Waals surface area contributed by atoms with Gasteiger partial charge >= 0.3 is 11.9 Å². The Morgan fingerprint density at radius 1 is 1.09 bits per heavy atom. The molecule has 0 aliphatic heterocycles. The van der Waals surface area contributed by atoms with Crippen LogP contribution < -0.4 is 10.5 Å². The fraction of sp³-hybridized carbons (Fsp3) is 0.200. The number of nitrogens with zero attached hydrogens (tertiary/aromatic N) is 1. The Balaban J connectivity index is 2.03. The number of aliphatic carboxylic acids is 1. The van der Waals surface area contributed by atoms with Gasteiger partial charge in [0.15, 0.2) is 0 Å². The molecule has 0 unspecified atom stereocenters. The van der Waals surface area contributed by atoms with Crippen LogP contribution in [0.4, 0.5) is 0 Å². The molecule has 8 heteroatoms. The Labute approximate surface area is 192 Å². The summed E-state index contributed by atoms with van der Waals surface area (Å²) < 4.78 is 5.33. The molecule has 0 radical (unpaired) electrons. The summed E-state index contributed by atoms with van der Waals surface area (Å²) in [5.74, 6) is -1.39. The molecule has 8 nitrogen and oxygen atoms in total. The highest BCUT2D eigenvalue weighted by molar-refractivity contribution is 5.98. The summed E-state index contributed by atoms with van der Waals surface area (Å²) >= 11 is 0. The lowest BCUT2D eigenvalue weighted by Gasteiger charge is -2.21. The van der Waals surface area contributed by atoms with Gasteiger partial charge in [0.25, 0.3) is 0 Å². The molecule has 33 heavy (non-hydrogen) atoms. The SMILES string of the molecule is C=CCN(CCCC(=O)O)C(=O)/C(C)=C/c1ccc(C(=O)Oc2ccc(C(=N)N)cc2)cc1. The maximum Gasteiger partial charge on any atom is 0.343 e. The van der Waals surface area contributed by atoms with Crippen LogP contribution in [0.2, 0.25) is 0 Å². The highest BCUT2D eigenvalue weighted by atomic mass is 16.5. The van der Waals surface area contributed by atoms with E-state index in [2.05, 4.69) is 6.58 Å². The van der Waals surface area contributed by atoms with E-state index in [1.54, 1.807) is 72.5 Å². The number of amides is 1. The topological polar surface area (TPSA) is 134 Å². The zero-order chi connectivity index (χ0) is 24.4. The highest BCUT2D eigenvalue weighted by Gasteiger charge is 2.15. The van der Waals surface area contributed by atoms with Crippen LogP contribution >= 0.6 is 0 Å². The molecule has 0 fully saturated rings. The molecule has 2 aromatic carbocycles. The molecule has 0 bridgehead atoms. The van der Waals surface area contributed by atoms with Gasteiger partial charge in [-0.05, 0) is 61.4 Å². The summed E-state index contributed by atoms with van der Waals surface area (Å²) in [6.07, 6.45) is 3.64. The number of nitrogen functional groups attached to an aromatic ring is 1. The van der Waals surface area contributed by atoms with Crippen molar-refractivity contribution in [2.45, 2.75) is 19.8 Å². The molecule has 0 saturated heterocycles. The number of carboxylic acids is 1. The Kier molecular flexibility index (Phi) is 9.11. The van der Waals surface area contributed by atoms with E-state index in [0.29, 0.717) is 42.0 Å². The van der Waals surface area contributed by atoms with Gasteiger partial charge in [-0.15, -0.1) is 6.58 Å². The van der Waals surface area contributed by atoms with Crippen LogP contribution in [0.5, 0.6) is 5.75 Å². The van der Waals surface area contributed by atoms with E-state index >= 15 is 0 Å². The average Bonchev–Trinajstić information content (AvgIpc) is 2.78. The maximum atomic E-state index is 12.7. The Morgan fingerprint density at radius 3 is 2.24 bits per heavy atom. The Hall–Kier alpha value is -4.20. The lowest BCUT2D eigenvalue weighted by atomic mass is 10.1. The number of esters is 1. The van der Waals surface area contributed by atoms with Crippen LogP contribution in [0.25, 0.3) is 6.08 Å². The molecule has 4 N–H and O–H groups in total. The molecule has 0 aliphatic carbocycles. The lowest BCUT2D eigenvalue weighted by molar-refractivity contribution is -0.137. The van der Waals surface area contributed by atoms with Crippen molar-refractivity contribution in [2.75, 3.05) is 13.1 Å². The van der Waals surface area contributed by atoms with Crippen molar-refractivity contribution in [1.29, 1.82) is 5.41 Å². The van der Waals surface area contributed by atoms with Gasteiger partial charge < -0.3 is 20.5 Å². The van der Waals surface area contributed by atoms with Gasteiger partial charge in [-0.2, -0.15) is 0 Å². The molecule has 0 aromatic heterocycles. The number of carboxylic acid groups (broad SMARTS) is 1. The predicted molar refractivity (Wildman–Crippen MR) is 126 cm³/mol. The van der Waals surface area contributed by atoms with Crippen LogP contribution in [0.15, 0.2) is 66.8 Å².